The van der Waals surface area contributed by atoms with Crippen molar-refractivity contribution >= 4 is 17.3 Å². The van der Waals surface area contributed by atoms with Crippen LogP contribution in [0.5, 0.6) is 0 Å². The zero-order valence-electron chi connectivity index (χ0n) is 11.7. The summed E-state index contributed by atoms with van der Waals surface area (Å²) >= 11 is 0. The number of nitrogens with zero attached hydrogens (tertiary/aromatic N) is 1. The van der Waals surface area contributed by atoms with Crippen LogP contribution in [0, 0.1) is 0 Å². The number of hydrogen-bond donors (Lipinski definition) is 1. The van der Waals surface area contributed by atoms with Gasteiger partial charge in [0.1, 0.15) is 0 Å². The van der Waals surface area contributed by atoms with E-state index in [0.29, 0.717) is 17.3 Å². The Kier molecular flexibility index (Phi) is 4.30. The highest BCUT2D eigenvalue weighted by molar-refractivity contribution is 5.99. The molecule has 19 heavy (non-hydrogen) atoms. The van der Waals surface area contributed by atoms with Crippen molar-refractivity contribution in [3.8, 4) is 0 Å². The number of carbonyl (C=O) groups excluding carboxylic acids is 1. The number of anilines is 2. The first-order chi connectivity index (χ1) is 9.15. The molecule has 4 nitrogen and oxygen atoms in total. The second-order valence-electron chi connectivity index (χ2n) is 5.13. The molecule has 1 aliphatic rings. The van der Waals surface area contributed by atoms with Gasteiger partial charge < -0.3 is 15.4 Å². The molecule has 104 valence electrons. The van der Waals surface area contributed by atoms with E-state index in [-0.39, 0.29) is 5.97 Å². The van der Waals surface area contributed by atoms with Gasteiger partial charge in [0.25, 0.3) is 0 Å². The monoisotopic (exact) mass is 262 g/mol. The van der Waals surface area contributed by atoms with E-state index in [9.17, 15) is 4.79 Å². The van der Waals surface area contributed by atoms with Gasteiger partial charge in [-0.3, -0.25) is 0 Å². The molecule has 0 radical (unpaired) electrons. The third-order valence-corrected chi connectivity index (χ3v) is 3.81. The van der Waals surface area contributed by atoms with Gasteiger partial charge in [-0.2, -0.15) is 0 Å². The molecule has 0 bridgehead atoms. The normalized spacial score (nSPS) is 19.9. The average Bonchev–Trinajstić information content (AvgIpc) is 2.62. The van der Waals surface area contributed by atoms with E-state index >= 15 is 0 Å². The molecule has 1 fully saturated rings. The molecular weight excluding hydrogens is 240 g/mol. The first-order valence-electron chi connectivity index (χ1n) is 6.88. The summed E-state index contributed by atoms with van der Waals surface area (Å²) in [6.07, 6.45) is 4.74. The molecule has 0 spiro atoms. The lowest BCUT2D eigenvalue weighted by molar-refractivity contribution is 0.0601. The van der Waals surface area contributed by atoms with Gasteiger partial charge >= 0.3 is 5.97 Å². The lowest BCUT2D eigenvalue weighted by Crippen LogP contribution is -2.34. The molecule has 0 aliphatic carbocycles. The van der Waals surface area contributed by atoms with Gasteiger partial charge in [-0.05, 0) is 31.9 Å². The summed E-state index contributed by atoms with van der Waals surface area (Å²) in [5.74, 6) is -0.321. The molecule has 0 saturated carbocycles. The van der Waals surface area contributed by atoms with Crippen LogP contribution in [-0.2, 0) is 4.74 Å². The molecule has 1 aromatic carbocycles. The molecule has 0 aromatic heterocycles. The van der Waals surface area contributed by atoms with Crippen molar-refractivity contribution in [3.05, 3.63) is 23.8 Å². The van der Waals surface area contributed by atoms with Crippen LogP contribution >= 0.6 is 0 Å². The molecule has 4 heteroatoms. The van der Waals surface area contributed by atoms with E-state index in [4.69, 9.17) is 10.5 Å². The molecule has 1 heterocycles. The number of esters is 1. The highest BCUT2D eigenvalue weighted by Crippen LogP contribution is 2.32. The van der Waals surface area contributed by atoms with E-state index < -0.39 is 0 Å². The van der Waals surface area contributed by atoms with Crippen molar-refractivity contribution in [1.82, 2.24) is 0 Å². The molecule has 1 atom stereocenters. The van der Waals surface area contributed by atoms with Crippen molar-refractivity contribution in [2.24, 2.45) is 0 Å². The van der Waals surface area contributed by atoms with Crippen LogP contribution in [0.2, 0.25) is 0 Å². The second-order valence-corrected chi connectivity index (χ2v) is 5.13. The van der Waals surface area contributed by atoms with E-state index in [0.717, 1.165) is 25.1 Å². The molecule has 1 unspecified atom stereocenters. The van der Waals surface area contributed by atoms with Crippen LogP contribution in [-0.4, -0.2) is 25.7 Å². The lowest BCUT2D eigenvalue weighted by atomic mass is 10.1. The van der Waals surface area contributed by atoms with Crippen molar-refractivity contribution in [1.29, 1.82) is 0 Å². The summed E-state index contributed by atoms with van der Waals surface area (Å²) < 4.78 is 4.87. The number of nitrogens with two attached hydrogens (primary N) is 1. The maximum atomic E-state index is 11.9. The van der Waals surface area contributed by atoms with Gasteiger partial charge in [0.15, 0.2) is 0 Å². The first-order valence-corrected chi connectivity index (χ1v) is 6.88. The smallest absolute Gasteiger partial charge is 0.340 e. The summed E-state index contributed by atoms with van der Waals surface area (Å²) in [5, 5.41) is 0. The van der Waals surface area contributed by atoms with Crippen molar-refractivity contribution in [2.45, 2.75) is 38.6 Å². The topological polar surface area (TPSA) is 55.6 Å². The average molecular weight is 262 g/mol. The Labute approximate surface area is 114 Å². The van der Waals surface area contributed by atoms with Crippen LogP contribution in [0.3, 0.4) is 0 Å². The number of rotatable bonds is 2. The Bertz CT molecular complexity index is 459. The summed E-state index contributed by atoms with van der Waals surface area (Å²) in [4.78, 5) is 14.2. The van der Waals surface area contributed by atoms with Crippen LogP contribution in [0.15, 0.2) is 18.2 Å². The van der Waals surface area contributed by atoms with Crippen molar-refractivity contribution < 1.29 is 9.53 Å². The second kappa shape index (κ2) is 5.95. The van der Waals surface area contributed by atoms with Gasteiger partial charge in [-0.1, -0.05) is 18.9 Å². The fraction of sp³-hybridized carbons (Fsp3) is 0.533. The SMILES string of the molecule is COC(=O)c1cccc(N)c1N1CCCCCC1C. The highest BCUT2D eigenvalue weighted by Gasteiger charge is 2.24. The molecule has 2 N–H and O–H groups in total. The minimum absolute atomic E-state index is 0.321. The largest absolute Gasteiger partial charge is 0.465 e. The molecule has 1 saturated heterocycles. The van der Waals surface area contributed by atoms with E-state index in [1.807, 2.05) is 6.07 Å². The summed E-state index contributed by atoms with van der Waals surface area (Å²) in [6.45, 7) is 3.14. The molecular formula is C15H22N2O2. The van der Waals surface area contributed by atoms with Gasteiger partial charge in [0, 0.05) is 12.6 Å². The zero-order valence-corrected chi connectivity index (χ0v) is 11.7. The lowest BCUT2D eigenvalue weighted by Gasteiger charge is -2.31. The Balaban J connectivity index is 2.44. The van der Waals surface area contributed by atoms with E-state index in [1.165, 1.54) is 20.0 Å². The fourth-order valence-corrected chi connectivity index (χ4v) is 2.76. The molecule has 1 aliphatic heterocycles. The number of carbonyl (C=O) groups is 1. The third-order valence-electron chi connectivity index (χ3n) is 3.81. The number of para-hydroxylation sites is 1. The maximum Gasteiger partial charge on any atom is 0.340 e. The highest BCUT2D eigenvalue weighted by atomic mass is 16.5. The minimum atomic E-state index is -0.321. The summed E-state index contributed by atoms with van der Waals surface area (Å²) in [7, 11) is 1.40. The molecule has 2 rings (SSSR count). The Morgan fingerprint density at radius 3 is 2.89 bits per heavy atom. The third kappa shape index (κ3) is 2.83. The van der Waals surface area contributed by atoms with Crippen molar-refractivity contribution in [3.63, 3.8) is 0 Å². The Hall–Kier alpha value is -1.71. The number of nitrogen functional groups attached to an aromatic ring is 1. The fourth-order valence-electron chi connectivity index (χ4n) is 2.76. The van der Waals surface area contributed by atoms with Gasteiger partial charge in [0.2, 0.25) is 0 Å². The van der Waals surface area contributed by atoms with Crippen molar-refractivity contribution in [2.75, 3.05) is 24.3 Å². The number of benzene rings is 1. The predicted molar refractivity (Wildman–Crippen MR) is 77.5 cm³/mol. The zero-order chi connectivity index (χ0) is 13.8. The van der Waals surface area contributed by atoms with E-state index in [1.54, 1.807) is 12.1 Å². The maximum absolute atomic E-state index is 11.9. The van der Waals surface area contributed by atoms with Crippen LogP contribution in [0.25, 0.3) is 0 Å². The minimum Gasteiger partial charge on any atom is -0.465 e. The van der Waals surface area contributed by atoms with Crippen LogP contribution < -0.4 is 10.6 Å². The van der Waals surface area contributed by atoms with E-state index in [2.05, 4.69) is 11.8 Å². The molecule has 0 amide bonds. The first kappa shape index (κ1) is 13.7. The predicted octanol–water partition coefficient (Wildman–Crippen LogP) is 2.82. The Morgan fingerprint density at radius 1 is 1.37 bits per heavy atom. The van der Waals surface area contributed by atoms with Gasteiger partial charge in [0.05, 0.1) is 24.0 Å². The summed E-state index contributed by atoms with van der Waals surface area (Å²) in [5.41, 5.74) is 8.16. The number of hydrogen-bond acceptors (Lipinski definition) is 4. The quantitative estimate of drug-likeness (QED) is 0.657. The van der Waals surface area contributed by atoms with Crippen LogP contribution in [0.1, 0.15) is 43.0 Å². The summed E-state index contributed by atoms with van der Waals surface area (Å²) in [6, 6.07) is 5.83. The number of methoxy groups -OCH3 is 1. The van der Waals surface area contributed by atoms with Gasteiger partial charge in [-0.15, -0.1) is 0 Å². The standard InChI is InChI=1S/C15H22N2O2/c1-11-7-4-3-5-10-17(11)14-12(15(18)19-2)8-6-9-13(14)16/h6,8-9,11H,3-5,7,10,16H2,1-2H3. The molecule has 1 aromatic rings. The van der Waals surface area contributed by atoms with Gasteiger partial charge in [-0.25, -0.2) is 4.79 Å². The number of ether oxygens (including phenoxy) is 1. The Morgan fingerprint density at radius 2 is 2.16 bits per heavy atom. The van der Waals surface area contributed by atoms with Crippen LogP contribution in [0.4, 0.5) is 11.4 Å².